The lowest BCUT2D eigenvalue weighted by Gasteiger charge is -2.26. The molecule has 3 N–H and O–H groups in total. The molecule has 1 aromatic rings. The molecule has 5 nitrogen and oxygen atoms in total. The number of benzene rings is 1. The predicted molar refractivity (Wildman–Crippen MR) is 88.6 cm³/mol. The smallest absolute Gasteiger partial charge is 0.237 e. The molecular formula is C15H22Cl2N2O3. The summed E-state index contributed by atoms with van der Waals surface area (Å²) in [5, 5.41) is 3.38. The van der Waals surface area contributed by atoms with Crippen molar-refractivity contribution in [2.75, 3.05) is 20.3 Å². The second-order valence-corrected chi connectivity index (χ2v) is 5.57. The standard InChI is InChI=1S/C15H21ClN2O3.ClH/c1-20-13-3-2-10(8-12(13)16)9-18-15(19)14(17)11-4-6-21-7-5-11;/h2-3,8,11,14H,4-7,9,17H2,1H3,(H,18,19);1H. The van der Waals surface area contributed by atoms with Crippen molar-refractivity contribution in [2.24, 2.45) is 11.7 Å². The van der Waals surface area contributed by atoms with Gasteiger partial charge in [0.2, 0.25) is 5.91 Å². The van der Waals surface area contributed by atoms with Crippen LogP contribution in [0.2, 0.25) is 5.02 Å². The van der Waals surface area contributed by atoms with Gasteiger partial charge in [0.05, 0.1) is 18.2 Å². The third kappa shape index (κ3) is 5.02. The number of nitrogens with two attached hydrogens (primary N) is 1. The largest absolute Gasteiger partial charge is 0.495 e. The minimum Gasteiger partial charge on any atom is -0.495 e. The summed E-state index contributed by atoms with van der Waals surface area (Å²) < 4.78 is 10.4. The first-order valence-corrected chi connectivity index (χ1v) is 7.43. The molecule has 0 aliphatic carbocycles. The zero-order valence-electron chi connectivity index (χ0n) is 12.5. The monoisotopic (exact) mass is 348 g/mol. The number of hydrogen-bond donors (Lipinski definition) is 2. The fourth-order valence-electron chi connectivity index (χ4n) is 2.42. The molecule has 0 aromatic heterocycles. The molecule has 1 amide bonds. The third-order valence-corrected chi connectivity index (χ3v) is 4.05. The Morgan fingerprint density at radius 3 is 2.77 bits per heavy atom. The zero-order chi connectivity index (χ0) is 15.2. The van der Waals surface area contributed by atoms with Crippen LogP contribution in [0.4, 0.5) is 0 Å². The molecule has 1 aliphatic heterocycles. The first kappa shape index (κ1) is 19.0. The van der Waals surface area contributed by atoms with E-state index in [9.17, 15) is 4.79 Å². The summed E-state index contributed by atoms with van der Waals surface area (Å²) in [7, 11) is 1.57. The number of carbonyl (C=O) groups is 1. The number of rotatable bonds is 5. The average Bonchev–Trinajstić information content (AvgIpc) is 2.52. The van der Waals surface area contributed by atoms with E-state index in [-0.39, 0.29) is 24.2 Å². The van der Waals surface area contributed by atoms with Crippen LogP contribution in [0.5, 0.6) is 5.75 Å². The van der Waals surface area contributed by atoms with Crippen LogP contribution in [0.15, 0.2) is 18.2 Å². The first-order valence-electron chi connectivity index (χ1n) is 7.05. The molecule has 1 aliphatic rings. The van der Waals surface area contributed by atoms with Gasteiger partial charge in [0, 0.05) is 19.8 Å². The van der Waals surface area contributed by atoms with E-state index < -0.39 is 6.04 Å². The summed E-state index contributed by atoms with van der Waals surface area (Å²) in [5.41, 5.74) is 6.93. The Balaban J connectivity index is 0.00000242. The zero-order valence-corrected chi connectivity index (χ0v) is 14.1. The first-order chi connectivity index (χ1) is 10.1. The summed E-state index contributed by atoms with van der Waals surface area (Å²) in [6.45, 7) is 1.76. The van der Waals surface area contributed by atoms with Crippen LogP contribution >= 0.6 is 24.0 Å². The Labute approximate surface area is 141 Å². The Bertz CT molecular complexity index is 494. The lowest BCUT2D eigenvalue weighted by Crippen LogP contribution is -2.46. The number of halogens is 2. The minimum atomic E-state index is -0.484. The molecule has 1 unspecified atom stereocenters. The van der Waals surface area contributed by atoms with Gasteiger partial charge in [-0.25, -0.2) is 0 Å². The number of methoxy groups -OCH3 is 1. The molecule has 0 saturated carbocycles. The third-order valence-electron chi connectivity index (χ3n) is 3.76. The van der Waals surface area contributed by atoms with Crippen LogP contribution in [0.3, 0.4) is 0 Å². The lowest BCUT2D eigenvalue weighted by atomic mass is 9.92. The molecule has 7 heteroatoms. The number of ether oxygens (including phenoxy) is 2. The molecule has 0 spiro atoms. The number of nitrogens with one attached hydrogen (secondary N) is 1. The van der Waals surface area contributed by atoms with Crippen LogP contribution in [-0.2, 0) is 16.1 Å². The van der Waals surface area contributed by atoms with Gasteiger partial charge < -0.3 is 20.5 Å². The predicted octanol–water partition coefficient (Wildman–Crippen LogP) is 2.14. The lowest BCUT2D eigenvalue weighted by molar-refractivity contribution is -0.124. The van der Waals surface area contributed by atoms with Gasteiger partial charge in [0.15, 0.2) is 0 Å². The molecule has 2 rings (SSSR count). The van der Waals surface area contributed by atoms with E-state index in [1.165, 1.54) is 0 Å². The van der Waals surface area contributed by atoms with Crippen molar-refractivity contribution in [2.45, 2.75) is 25.4 Å². The van der Waals surface area contributed by atoms with Gasteiger partial charge in [-0.1, -0.05) is 17.7 Å². The van der Waals surface area contributed by atoms with E-state index in [1.54, 1.807) is 19.2 Å². The van der Waals surface area contributed by atoms with E-state index in [0.29, 0.717) is 30.5 Å². The van der Waals surface area contributed by atoms with Crippen molar-refractivity contribution >= 4 is 29.9 Å². The fraction of sp³-hybridized carbons (Fsp3) is 0.533. The van der Waals surface area contributed by atoms with Crippen LogP contribution in [0.25, 0.3) is 0 Å². The molecule has 1 saturated heterocycles. The van der Waals surface area contributed by atoms with Crippen molar-refractivity contribution in [3.63, 3.8) is 0 Å². The van der Waals surface area contributed by atoms with Gasteiger partial charge in [0.1, 0.15) is 5.75 Å². The molecule has 0 bridgehead atoms. The fourth-order valence-corrected chi connectivity index (χ4v) is 2.70. The topological polar surface area (TPSA) is 73.6 Å². The summed E-state index contributed by atoms with van der Waals surface area (Å²) in [5.74, 6) is 0.678. The number of hydrogen-bond acceptors (Lipinski definition) is 4. The van der Waals surface area contributed by atoms with Gasteiger partial charge >= 0.3 is 0 Å². The normalized spacial score (nSPS) is 16.5. The van der Waals surface area contributed by atoms with Crippen molar-refractivity contribution in [3.8, 4) is 5.75 Å². The summed E-state index contributed by atoms with van der Waals surface area (Å²) in [6.07, 6.45) is 1.67. The number of amides is 1. The maximum absolute atomic E-state index is 12.1. The Hall–Kier alpha value is -1.01. The van der Waals surface area contributed by atoms with E-state index in [0.717, 1.165) is 18.4 Å². The Morgan fingerprint density at radius 2 is 2.18 bits per heavy atom. The highest BCUT2D eigenvalue weighted by atomic mass is 35.5. The SMILES string of the molecule is COc1ccc(CNC(=O)C(N)C2CCOCC2)cc1Cl.Cl. The van der Waals surface area contributed by atoms with Gasteiger partial charge in [-0.2, -0.15) is 0 Å². The Morgan fingerprint density at radius 1 is 1.50 bits per heavy atom. The van der Waals surface area contributed by atoms with Crippen LogP contribution in [0.1, 0.15) is 18.4 Å². The molecule has 0 radical (unpaired) electrons. The van der Waals surface area contributed by atoms with Crippen molar-refractivity contribution in [1.29, 1.82) is 0 Å². The van der Waals surface area contributed by atoms with Crippen LogP contribution < -0.4 is 15.8 Å². The summed E-state index contributed by atoms with van der Waals surface area (Å²) in [6, 6.07) is 4.94. The van der Waals surface area contributed by atoms with Gasteiger partial charge in [0.25, 0.3) is 0 Å². The number of carbonyl (C=O) groups excluding carboxylic acids is 1. The highest BCUT2D eigenvalue weighted by Gasteiger charge is 2.26. The van der Waals surface area contributed by atoms with Crippen molar-refractivity contribution in [3.05, 3.63) is 28.8 Å². The molecule has 1 atom stereocenters. The molecular weight excluding hydrogens is 327 g/mol. The Kier molecular flexibility index (Phi) is 7.96. The molecule has 124 valence electrons. The average molecular weight is 349 g/mol. The van der Waals surface area contributed by atoms with Crippen molar-refractivity contribution < 1.29 is 14.3 Å². The van der Waals surface area contributed by atoms with E-state index >= 15 is 0 Å². The summed E-state index contributed by atoms with van der Waals surface area (Å²) >= 11 is 6.05. The highest BCUT2D eigenvalue weighted by Crippen LogP contribution is 2.25. The van der Waals surface area contributed by atoms with E-state index in [2.05, 4.69) is 5.32 Å². The van der Waals surface area contributed by atoms with Gasteiger partial charge in [-0.15, -0.1) is 12.4 Å². The van der Waals surface area contributed by atoms with Gasteiger partial charge in [-0.3, -0.25) is 4.79 Å². The minimum absolute atomic E-state index is 0. The molecule has 22 heavy (non-hydrogen) atoms. The highest BCUT2D eigenvalue weighted by molar-refractivity contribution is 6.32. The van der Waals surface area contributed by atoms with Gasteiger partial charge in [-0.05, 0) is 36.5 Å². The quantitative estimate of drug-likeness (QED) is 0.854. The van der Waals surface area contributed by atoms with E-state index in [4.69, 9.17) is 26.8 Å². The van der Waals surface area contributed by atoms with Crippen molar-refractivity contribution in [1.82, 2.24) is 5.32 Å². The molecule has 1 fully saturated rings. The summed E-state index contributed by atoms with van der Waals surface area (Å²) in [4.78, 5) is 12.1. The molecule has 1 heterocycles. The maximum Gasteiger partial charge on any atom is 0.237 e. The second-order valence-electron chi connectivity index (χ2n) is 5.16. The van der Waals surface area contributed by atoms with E-state index in [1.807, 2.05) is 6.07 Å². The van der Waals surface area contributed by atoms with Crippen LogP contribution in [-0.4, -0.2) is 32.3 Å². The van der Waals surface area contributed by atoms with Crippen LogP contribution in [0, 0.1) is 5.92 Å². The molecule has 1 aromatic carbocycles. The second kappa shape index (κ2) is 9.20. The maximum atomic E-state index is 12.1.